The summed E-state index contributed by atoms with van der Waals surface area (Å²) in [5.74, 6) is 0.224. The van der Waals surface area contributed by atoms with Crippen LogP contribution in [0.25, 0.3) is 0 Å². The smallest absolute Gasteiger partial charge is 0.262 e. The van der Waals surface area contributed by atoms with Crippen LogP contribution >= 0.6 is 0 Å². The first-order valence-electron chi connectivity index (χ1n) is 8.17. The summed E-state index contributed by atoms with van der Waals surface area (Å²) >= 11 is 0. The van der Waals surface area contributed by atoms with Gasteiger partial charge in [-0.2, -0.15) is 0 Å². The monoisotopic (exact) mass is 360 g/mol. The molecule has 2 N–H and O–H groups in total. The van der Waals surface area contributed by atoms with Crippen molar-refractivity contribution < 1.29 is 13.2 Å². The minimum atomic E-state index is -3.65. The van der Waals surface area contributed by atoms with E-state index >= 15 is 0 Å². The van der Waals surface area contributed by atoms with Crippen molar-refractivity contribution in [3.05, 3.63) is 53.6 Å². The predicted molar refractivity (Wildman–Crippen MR) is 101 cm³/mol. The average Bonchev–Trinajstić information content (AvgIpc) is 2.47. The first kappa shape index (κ1) is 19.0. The lowest BCUT2D eigenvalue weighted by Gasteiger charge is -2.12. The van der Waals surface area contributed by atoms with Gasteiger partial charge < -0.3 is 5.32 Å². The Hall–Kier alpha value is -2.34. The summed E-state index contributed by atoms with van der Waals surface area (Å²) in [7, 11) is -3.65. The highest BCUT2D eigenvalue weighted by molar-refractivity contribution is 7.92. The SMILES string of the molecule is Cc1ccc(S(=O)(=O)Nc2ccc(NC(=O)CC(C)C)cc2)c(C)c1. The van der Waals surface area contributed by atoms with Gasteiger partial charge in [-0.3, -0.25) is 9.52 Å². The second-order valence-corrected chi connectivity index (χ2v) is 8.25. The molecule has 0 spiro atoms. The summed E-state index contributed by atoms with van der Waals surface area (Å²) in [5.41, 5.74) is 2.80. The fraction of sp³-hybridized carbons (Fsp3) is 0.316. The first-order valence-corrected chi connectivity index (χ1v) is 9.65. The molecule has 0 heterocycles. The number of carbonyl (C=O) groups is 1. The van der Waals surface area contributed by atoms with Gasteiger partial charge in [0.25, 0.3) is 10.0 Å². The van der Waals surface area contributed by atoms with Crippen LogP contribution in [0.5, 0.6) is 0 Å². The van der Waals surface area contributed by atoms with E-state index in [2.05, 4.69) is 10.0 Å². The zero-order chi connectivity index (χ0) is 18.6. The molecule has 1 amide bonds. The summed E-state index contributed by atoms with van der Waals surface area (Å²) in [6.07, 6.45) is 0.446. The molecule has 2 aromatic carbocycles. The molecule has 2 rings (SSSR count). The summed E-state index contributed by atoms with van der Waals surface area (Å²) < 4.78 is 27.6. The largest absolute Gasteiger partial charge is 0.326 e. The van der Waals surface area contributed by atoms with E-state index in [1.807, 2.05) is 26.8 Å². The van der Waals surface area contributed by atoms with E-state index in [0.29, 0.717) is 23.4 Å². The van der Waals surface area contributed by atoms with Crippen LogP contribution in [0.4, 0.5) is 11.4 Å². The van der Waals surface area contributed by atoms with Crippen molar-refractivity contribution in [2.75, 3.05) is 10.0 Å². The van der Waals surface area contributed by atoms with Crippen molar-refractivity contribution in [1.82, 2.24) is 0 Å². The number of aryl methyl sites for hydroxylation is 2. The summed E-state index contributed by atoms with van der Waals surface area (Å²) in [4.78, 5) is 12.0. The third kappa shape index (κ3) is 5.32. The lowest BCUT2D eigenvalue weighted by molar-refractivity contribution is -0.116. The number of anilines is 2. The van der Waals surface area contributed by atoms with Gasteiger partial charge in [0.15, 0.2) is 0 Å². The molecule has 0 aromatic heterocycles. The Balaban J connectivity index is 2.11. The van der Waals surface area contributed by atoms with E-state index in [0.717, 1.165) is 5.56 Å². The van der Waals surface area contributed by atoms with Crippen LogP contribution in [0.1, 0.15) is 31.4 Å². The molecular formula is C19H24N2O3S. The maximum atomic E-state index is 12.5. The van der Waals surface area contributed by atoms with E-state index < -0.39 is 10.0 Å². The molecule has 0 bridgehead atoms. The van der Waals surface area contributed by atoms with Crippen LogP contribution in [-0.2, 0) is 14.8 Å². The molecule has 0 atom stereocenters. The summed E-state index contributed by atoms with van der Waals surface area (Å²) in [5, 5.41) is 2.79. The number of sulfonamides is 1. The average molecular weight is 360 g/mol. The lowest BCUT2D eigenvalue weighted by Crippen LogP contribution is -2.15. The zero-order valence-corrected chi connectivity index (χ0v) is 15.8. The third-order valence-corrected chi connectivity index (χ3v) is 5.18. The van der Waals surface area contributed by atoms with Gasteiger partial charge in [-0.05, 0) is 55.7 Å². The molecular weight excluding hydrogens is 336 g/mol. The van der Waals surface area contributed by atoms with E-state index in [-0.39, 0.29) is 16.7 Å². The highest BCUT2D eigenvalue weighted by Crippen LogP contribution is 2.21. The molecule has 0 fully saturated rings. The second kappa shape index (κ2) is 7.70. The molecule has 0 aliphatic rings. The fourth-order valence-electron chi connectivity index (χ4n) is 2.52. The van der Waals surface area contributed by atoms with Gasteiger partial charge in [-0.15, -0.1) is 0 Å². The maximum Gasteiger partial charge on any atom is 0.262 e. The highest BCUT2D eigenvalue weighted by Gasteiger charge is 2.17. The number of benzene rings is 2. The molecule has 134 valence electrons. The molecule has 6 heteroatoms. The summed E-state index contributed by atoms with van der Waals surface area (Å²) in [6, 6.07) is 11.8. The quantitative estimate of drug-likeness (QED) is 0.815. The van der Waals surface area contributed by atoms with Crippen molar-refractivity contribution in [3.63, 3.8) is 0 Å². The number of nitrogens with one attached hydrogen (secondary N) is 2. The molecule has 0 saturated carbocycles. The van der Waals surface area contributed by atoms with Crippen LogP contribution in [-0.4, -0.2) is 14.3 Å². The Bertz CT molecular complexity index is 857. The molecule has 0 aliphatic heterocycles. The Kier molecular flexibility index (Phi) is 5.85. The standard InChI is InChI=1S/C19H24N2O3S/c1-13(2)11-19(22)20-16-6-8-17(9-7-16)21-25(23,24)18-10-5-14(3)12-15(18)4/h5-10,12-13,21H,11H2,1-4H3,(H,20,22). The van der Waals surface area contributed by atoms with Crippen molar-refractivity contribution >= 4 is 27.3 Å². The highest BCUT2D eigenvalue weighted by atomic mass is 32.2. The van der Waals surface area contributed by atoms with Crippen LogP contribution in [0.15, 0.2) is 47.4 Å². The van der Waals surface area contributed by atoms with Gasteiger partial charge in [-0.1, -0.05) is 31.5 Å². The molecule has 0 unspecified atom stereocenters. The van der Waals surface area contributed by atoms with Crippen molar-refractivity contribution in [2.24, 2.45) is 5.92 Å². The van der Waals surface area contributed by atoms with E-state index in [1.54, 1.807) is 43.3 Å². The maximum absolute atomic E-state index is 12.5. The molecule has 25 heavy (non-hydrogen) atoms. The van der Waals surface area contributed by atoms with E-state index in [9.17, 15) is 13.2 Å². The van der Waals surface area contributed by atoms with Crippen molar-refractivity contribution in [1.29, 1.82) is 0 Å². The fourth-order valence-corrected chi connectivity index (χ4v) is 3.80. The van der Waals surface area contributed by atoms with Crippen LogP contribution in [0, 0.1) is 19.8 Å². The van der Waals surface area contributed by atoms with Crippen LogP contribution in [0.3, 0.4) is 0 Å². The van der Waals surface area contributed by atoms with Gasteiger partial charge in [0, 0.05) is 17.8 Å². The lowest BCUT2D eigenvalue weighted by atomic mass is 10.1. The normalized spacial score (nSPS) is 11.4. The number of carbonyl (C=O) groups excluding carboxylic acids is 1. The minimum absolute atomic E-state index is 0.0568. The first-order chi connectivity index (χ1) is 11.7. The molecule has 2 aromatic rings. The number of hydrogen-bond acceptors (Lipinski definition) is 3. The number of hydrogen-bond donors (Lipinski definition) is 2. The van der Waals surface area contributed by atoms with Gasteiger partial charge in [0.05, 0.1) is 4.90 Å². The van der Waals surface area contributed by atoms with Crippen LogP contribution in [0.2, 0.25) is 0 Å². The second-order valence-electron chi connectivity index (χ2n) is 6.60. The Morgan fingerprint density at radius 3 is 2.16 bits per heavy atom. The number of amides is 1. The van der Waals surface area contributed by atoms with Gasteiger partial charge in [0.2, 0.25) is 5.91 Å². The van der Waals surface area contributed by atoms with Gasteiger partial charge in [0.1, 0.15) is 0 Å². The van der Waals surface area contributed by atoms with E-state index in [1.165, 1.54) is 0 Å². The number of rotatable bonds is 6. The van der Waals surface area contributed by atoms with Crippen molar-refractivity contribution in [2.45, 2.75) is 39.0 Å². The van der Waals surface area contributed by atoms with Crippen LogP contribution < -0.4 is 10.0 Å². The van der Waals surface area contributed by atoms with E-state index in [4.69, 9.17) is 0 Å². The summed E-state index contributed by atoms with van der Waals surface area (Å²) in [6.45, 7) is 7.65. The predicted octanol–water partition coefficient (Wildman–Crippen LogP) is 4.09. The Labute approximate surface area is 149 Å². The zero-order valence-electron chi connectivity index (χ0n) is 15.0. The Morgan fingerprint density at radius 2 is 1.60 bits per heavy atom. The van der Waals surface area contributed by atoms with Gasteiger partial charge in [-0.25, -0.2) is 8.42 Å². The Morgan fingerprint density at radius 1 is 1.00 bits per heavy atom. The topological polar surface area (TPSA) is 75.3 Å². The van der Waals surface area contributed by atoms with Gasteiger partial charge >= 0.3 is 0 Å². The molecule has 0 saturated heterocycles. The third-order valence-electron chi connectivity index (χ3n) is 3.63. The molecule has 0 radical (unpaired) electrons. The molecule has 0 aliphatic carbocycles. The molecule has 5 nitrogen and oxygen atoms in total. The van der Waals surface area contributed by atoms with Crippen molar-refractivity contribution in [3.8, 4) is 0 Å². The minimum Gasteiger partial charge on any atom is -0.326 e.